The molecule has 0 aromatic heterocycles. The lowest BCUT2D eigenvalue weighted by Crippen LogP contribution is -2.12. The summed E-state index contributed by atoms with van der Waals surface area (Å²) in [6.45, 7) is 7.83. The van der Waals surface area contributed by atoms with Crippen LogP contribution in [0.2, 0.25) is 0 Å². The van der Waals surface area contributed by atoms with Crippen molar-refractivity contribution in [2.24, 2.45) is 0 Å². The van der Waals surface area contributed by atoms with Gasteiger partial charge in [-0.15, -0.1) is 0 Å². The normalized spacial score (nSPS) is 10.7. The molecule has 0 radical (unpaired) electrons. The summed E-state index contributed by atoms with van der Waals surface area (Å²) in [5.41, 5.74) is 6.69. The van der Waals surface area contributed by atoms with Gasteiger partial charge in [-0.25, -0.2) is 4.79 Å². The van der Waals surface area contributed by atoms with Crippen molar-refractivity contribution in [1.82, 2.24) is 0 Å². The molecule has 4 heteroatoms. The fourth-order valence-electron chi connectivity index (χ4n) is 3.70. The van der Waals surface area contributed by atoms with Crippen LogP contribution >= 0.6 is 0 Å². The minimum absolute atomic E-state index is 0.00506. The van der Waals surface area contributed by atoms with Crippen molar-refractivity contribution in [2.45, 2.75) is 46.1 Å². The SMILES string of the molecule is C=C(C)C(=O)OCCOc1cc(-c2ccc(CCCCC)cc2)ccc1-c1ccc(CO)cc1. The molecular formula is C30H34O4. The third-order valence-electron chi connectivity index (χ3n) is 5.71. The molecule has 34 heavy (non-hydrogen) atoms. The van der Waals surface area contributed by atoms with E-state index in [2.05, 4.69) is 43.8 Å². The van der Waals surface area contributed by atoms with Gasteiger partial charge in [0.15, 0.2) is 0 Å². The molecule has 0 aliphatic carbocycles. The number of aliphatic hydroxyl groups is 1. The molecule has 1 N–H and O–H groups in total. The lowest BCUT2D eigenvalue weighted by atomic mass is 9.97. The number of benzene rings is 3. The van der Waals surface area contributed by atoms with Crippen molar-refractivity contribution < 1.29 is 19.4 Å². The second-order valence-electron chi connectivity index (χ2n) is 8.48. The van der Waals surface area contributed by atoms with Crippen LogP contribution < -0.4 is 4.74 Å². The lowest BCUT2D eigenvalue weighted by Gasteiger charge is -2.15. The van der Waals surface area contributed by atoms with Gasteiger partial charge in [-0.05, 0) is 53.6 Å². The average Bonchev–Trinajstić information content (AvgIpc) is 2.87. The Morgan fingerprint density at radius 2 is 1.50 bits per heavy atom. The van der Waals surface area contributed by atoms with E-state index in [0.29, 0.717) is 11.3 Å². The monoisotopic (exact) mass is 458 g/mol. The number of aryl methyl sites for hydroxylation is 1. The molecule has 3 aromatic rings. The molecule has 3 aromatic carbocycles. The van der Waals surface area contributed by atoms with Crippen LogP contribution in [0.15, 0.2) is 78.9 Å². The Kier molecular flexibility index (Phi) is 9.48. The van der Waals surface area contributed by atoms with E-state index in [-0.39, 0.29) is 19.8 Å². The second-order valence-corrected chi connectivity index (χ2v) is 8.48. The number of ether oxygens (including phenoxy) is 2. The molecule has 0 saturated carbocycles. The molecule has 0 aliphatic rings. The highest BCUT2D eigenvalue weighted by atomic mass is 16.6. The summed E-state index contributed by atoms with van der Waals surface area (Å²) >= 11 is 0. The molecule has 0 aliphatic heterocycles. The van der Waals surface area contributed by atoms with Crippen LogP contribution in [0.4, 0.5) is 0 Å². The minimum atomic E-state index is -0.420. The summed E-state index contributed by atoms with van der Waals surface area (Å²) < 4.78 is 11.3. The van der Waals surface area contributed by atoms with Crippen molar-refractivity contribution in [3.8, 4) is 28.0 Å². The molecular weight excluding hydrogens is 424 g/mol. The number of aliphatic hydroxyl groups excluding tert-OH is 1. The van der Waals surface area contributed by atoms with Crippen molar-refractivity contribution in [3.63, 3.8) is 0 Å². The fourth-order valence-corrected chi connectivity index (χ4v) is 3.70. The van der Waals surface area contributed by atoms with E-state index in [1.807, 2.05) is 36.4 Å². The lowest BCUT2D eigenvalue weighted by molar-refractivity contribution is -0.139. The Bertz CT molecular complexity index is 1080. The first-order valence-electron chi connectivity index (χ1n) is 11.9. The molecule has 0 bridgehead atoms. The number of esters is 1. The first kappa shape index (κ1) is 25.3. The first-order chi connectivity index (χ1) is 16.5. The predicted octanol–water partition coefficient (Wildman–Crippen LogP) is 6.74. The van der Waals surface area contributed by atoms with Crippen LogP contribution in [0.1, 0.15) is 44.2 Å². The Labute approximate surface area is 202 Å². The summed E-state index contributed by atoms with van der Waals surface area (Å²) in [4.78, 5) is 11.7. The summed E-state index contributed by atoms with van der Waals surface area (Å²) in [5.74, 6) is 0.295. The van der Waals surface area contributed by atoms with Crippen molar-refractivity contribution >= 4 is 5.97 Å². The maximum atomic E-state index is 11.7. The highest BCUT2D eigenvalue weighted by molar-refractivity contribution is 5.86. The maximum absolute atomic E-state index is 11.7. The molecule has 0 atom stereocenters. The van der Waals surface area contributed by atoms with E-state index in [9.17, 15) is 9.90 Å². The molecule has 0 saturated heterocycles. The van der Waals surface area contributed by atoms with Gasteiger partial charge in [-0.3, -0.25) is 0 Å². The summed E-state index contributed by atoms with van der Waals surface area (Å²) in [6, 6.07) is 22.6. The number of hydrogen-bond donors (Lipinski definition) is 1. The quantitative estimate of drug-likeness (QED) is 0.185. The molecule has 0 heterocycles. The summed E-state index contributed by atoms with van der Waals surface area (Å²) in [5, 5.41) is 9.35. The third kappa shape index (κ3) is 7.06. The largest absolute Gasteiger partial charge is 0.489 e. The molecule has 0 fully saturated rings. The summed E-state index contributed by atoms with van der Waals surface area (Å²) in [7, 11) is 0. The van der Waals surface area contributed by atoms with E-state index in [1.165, 1.54) is 24.8 Å². The van der Waals surface area contributed by atoms with Crippen LogP contribution in [0.5, 0.6) is 5.75 Å². The maximum Gasteiger partial charge on any atom is 0.333 e. The number of unbranched alkanes of at least 4 members (excludes halogenated alkanes) is 2. The molecule has 4 nitrogen and oxygen atoms in total. The van der Waals surface area contributed by atoms with Crippen LogP contribution in [-0.4, -0.2) is 24.3 Å². The zero-order chi connectivity index (χ0) is 24.3. The van der Waals surface area contributed by atoms with Gasteiger partial charge in [0.1, 0.15) is 19.0 Å². The second kappa shape index (κ2) is 12.8. The van der Waals surface area contributed by atoms with Crippen LogP contribution in [-0.2, 0) is 22.6 Å². The zero-order valence-corrected chi connectivity index (χ0v) is 20.2. The number of carbonyl (C=O) groups excluding carboxylic acids is 1. The zero-order valence-electron chi connectivity index (χ0n) is 20.2. The molecule has 0 amide bonds. The average molecular weight is 459 g/mol. The van der Waals surface area contributed by atoms with Gasteiger partial charge >= 0.3 is 5.97 Å². The number of rotatable bonds is 12. The molecule has 0 unspecified atom stereocenters. The standard InChI is InChI=1S/C30H34O4/c1-4-5-6-7-23-8-12-25(13-9-23)27-16-17-28(26-14-10-24(21-31)11-15-26)29(20-27)33-18-19-34-30(32)22(2)3/h8-17,20,31H,2,4-7,18-19,21H2,1,3H3. The molecule has 3 rings (SSSR count). The van der Waals surface area contributed by atoms with Gasteiger partial charge in [0.2, 0.25) is 0 Å². The van der Waals surface area contributed by atoms with Crippen LogP contribution in [0.3, 0.4) is 0 Å². The number of carbonyl (C=O) groups is 1. The highest BCUT2D eigenvalue weighted by Crippen LogP contribution is 2.35. The highest BCUT2D eigenvalue weighted by Gasteiger charge is 2.11. The van der Waals surface area contributed by atoms with Gasteiger partial charge in [0.25, 0.3) is 0 Å². The Morgan fingerprint density at radius 1 is 0.853 bits per heavy atom. The summed E-state index contributed by atoms with van der Waals surface area (Å²) in [6.07, 6.45) is 4.80. The van der Waals surface area contributed by atoms with E-state index in [4.69, 9.17) is 9.47 Å². The van der Waals surface area contributed by atoms with Crippen LogP contribution in [0, 0.1) is 0 Å². The van der Waals surface area contributed by atoms with Gasteiger partial charge in [-0.1, -0.05) is 87.0 Å². The van der Waals surface area contributed by atoms with Crippen molar-refractivity contribution in [1.29, 1.82) is 0 Å². The fraction of sp³-hybridized carbons (Fsp3) is 0.300. The van der Waals surface area contributed by atoms with Gasteiger partial charge in [0, 0.05) is 11.1 Å². The van der Waals surface area contributed by atoms with E-state index in [1.54, 1.807) is 6.92 Å². The van der Waals surface area contributed by atoms with Gasteiger partial charge in [0.05, 0.1) is 6.61 Å². The Morgan fingerprint density at radius 3 is 2.15 bits per heavy atom. The molecule has 0 spiro atoms. The van der Waals surface area contributed by atoms with Gasteiger partial charge < -0.3 is 14.6 Å². The minimum Gasteiger partial charge on any atom is -0.489 e. The Hall–Kier alpha value is -3.37. The van der Waals surface area contributed by atoms with Gasteiger partial charge in [-0.2, -0.15) is 0 Å². The third-order valence-corrected chi connectivity index (χ3v) is 5.71. The first-order valence-corrected chi connectivity index (χ1v) is 11.9. The van der Waals surface area contributed by atoms with E-state index >= 15 is 0 Å². The van der Waals surface area contributed by atoms with Crippen LogP contribution in [0.25, 0.3) is 22.3 Å². The number of hydrogen-bond acceptors (Lipinski definition) is 4. The van der Waals surface area contributed by atoms with E-state index in [0.717, 1.165) is 34.2 Å². The van der Waals surface area contributed by atoms with Crippen molar-refractivity contribution in [2.75, 3.05) is 13.2 Å². The van der Waals surface area contributed by atoms with E-state index < -0.39 is 5.97 Å². The topological polar surface area (TPSA) is 55.8 Å². The smallest absolute Gasteiger partial charge is 0.333 e. The molecule has 178 valence electrons. The predicted molar refractivity (Wildman–Crippen MR) is 138 cm³/mol. The van der Waals surface area contributed by atoms with Crippen molar-refractivity contribution in [3.05, 3.63) is 90.0 Å². The Balaban J connectivity index is 1.82.